The smallest absolute Gasteiger partial charge is 0.305 e. The number of esters is 1. The minimum atomic E-state index is -0.158. The summed E-state index contributed by atoms with van der Waals surface area (Å²) in [6, 6.07) is 0. The molecule has 0 aromatic heterocycles. The van der Waals surface area contributed by atoms with Crippen LogP contribution in [0.4, 0.5) is 0 Å². The van der Waals surface area contributed by atoms with Gasteiger partial charge in [-0.1, -0.05) is 31.5 Å². The summed E-state index contributed by atoms with van der Waals surface area (Å²) in [5.41, 5.74) is 0. The second-order valence-electron chi connectivity index (χ2n) is 3.68. The van der Waals surface area contributed by atoms with E-state index in [1.54, 1.807) is 11.8 Å². The first kappa shape index (κ1) is 16.7. The zero-order chi connectivity index (χ0) is 13.1. The average Bonchev–Trinajstić information content (AvgIpc) is 2.32. The molecule has 0 amide bonds. The second kappa shape index (κ2) is 10.8. The van der Waals surface area contributed by atoms with Gasteiger partial charge in [0.15, 0.2) is 0 Å². The summed E-state index contributed by atoms with van der Waals surface area (Å²) in [6.45, 7) is 4.68. The number of carbonyl (C=O) groups is 1. The van der Waals surface area contributed by atoms with Crippen LogP contribution >= 0.6 is 24.0 Å². The Labute approximate surface area is 114 Å². The molecule has 17 heavy (non-hydrogen) atoms. The molecule has 0 N–H and O–H groups in total. The van der Waals surface area contributed by atoms with Gasteiger partial charge < -0.3 is 9.47 Å². The molecule has 0 aliphatic carbocycles. The highest BCUT2D eigenvalue weighted by atomic mass is 32.2. The summed E-state index contributed by atoms with van der Waals surface area (Å²) in [7, 11) is 1.42. The van der Waals surface area contributed by atoms with Crippen LogP contribution in [0.15, 0.2) is 0 Å². The van der Waals surface area contributed by atoms with Crippen molar-refractivity contribution in [2.75, 3.05) is 13.7 Å². The normalized spacial score (nSPS) is 11.9. The fraction of sp³-hybridized carbons (Fsp3) is 0.833. The van der Waals surface area contributed by atoms with E-state index in [1.165, 1.54) is 7.11 Å². The number of thioether (sulfide) groups is 1. The van der Waals surface area contributed by atoms with Gasteiger partial charge in [0.05, 0.1) is 13.7 Å². The van der Waals surface area contributed by atoms with E-state index < -0.39 is 0 Å². The number of hydrogen-bond donors (Lipinski definition) is 0. The van der Waals surface area contributed by atoms with Crippen LogP contribution in [0.25, 0.3) is 0 Å². The molecule has 0 rings (SSSR count). The maximum atomic E-state index is 11.1. The van der Waals surface area contributed by atoms with Crippen LogP contribution in [-0.2, 0) is 14.3 Å². The van der Waals surface area contributed by atoms with Gasteiger partial charge in [-0.05, 0) is 32.0 Å². The van der Waals surface area contributed by atoms with E-state index >= 15 is 0 Å². The van der Waals surface area contributed by atoms with Gasteiger partial charge in [0.2, 0.25) is 4.38 Å². The van der Waals surface area contributed by atoms with Crippen molar-refractivity contribution < 1.29 is 14.3 Å². The highest BCUT2D eigenvalue weighted by Crippen LogP contribution is 2.24. The lowest BCUT2D eigenvalue weighted by Crippen LogP contribution is -2.11. The van der Waals surface area contributed by atoms with Gasteiger partial charge in [0.25, 0.3) is 0 Å². The molecule has 0 saturated heterocycles. The van der Waals surface area contributed by atoms with Crippen molar-refractivity contribution in [3.8, 4) is 0 Å². The molecule has 5 heteroatoms. The lowest BCUT2D eigenvalue weighted by molar-refractivity contribution is -0.140. The predicted molar refractivity (Wildman–Crippen MR) is 76.4 cm³/mol. The Hall–Kier alpha value is -0.290. The SMILES string of the molecule is CCCCC(CCC(=O)OC)SC(=S)OCC. The van der Waals surface area contributed by atoms with Crippen molar-refractivity contribution in [3.63, 3.8) is 0 Å². The largest absolute Gasteiger partial charge is 0.479 e. The lowest BCUT2D eigenvalue weighted by Gasteiger charge is -2.15. The molecule has 0 spiro atoms. The maximum Gasteiger partial charge on any atom is 0.305 e. The summed E-state index contributed by atoms with van der Waals surface area (Å²) in [5.74, 6) is -0.158. The third-order valence-electron chi connectivity index (χ3n) is 2.30. The van der Waals surface area contributed by atoms with Gasteiger partial charge in [0, 0.05) is 11.7 Å². The minimum absolute atomic E-state index is 0.158. The minimum Gasteiger partial charge on any atom is -0.479 e. The van der Waals surface area contributed by atoms with Crippen LogP contribution in [0.1, 0.15) is 46.0 Å². The number of unbranched alkanes of at least 4 members (excludes halogenated alkanes) is 1. The molecule has 0 bridgehead atoms. The molecule has 0 radical (unpaired) electrons. The van der Waals surface area contributed by atoms with E-state index in [4.69, 9.17) is 17.0 Å². The molecule has 0 saturated carbocycles. The fourth-order valence-electron chi connectivity index (χ4n) is 1.36. The summed E-state index contributed by atoms with van der Waals surface area (Å²) in [4.78, 5) is 11.1. The Morgan fingerprint density at radius 2 is 2.06 bits per heavy atom. The zero-order valence-electron chi connectivity index (χ0n) is 10.9. The van der Waals surface area contributed by atoms with Crippen molar-refractivity contribution >= 4 is 34.3 Å². The van der Waals surface area contributed by atoms with E-state index in [0.717, 1.165) is 25.7 Å². The van der Waals surface area contributed by atoms with Crippen molar-refractivity contribution in [2.24, 2.45) is 0 Å². The van der Waals surface area contributed by atoms with Crippen molar-refractivity contribution in [2.45, 2.75) is 51.2 Å². The standard InChI is InChI=1S/C12H22O3S2/c1-4-6-7-10(8-9-11(13)14-3)17-12(16)15-5-2/h10H,4-9H2,1-3H3. The van der Waals surface area contributed by atoms with Crippen LogP contribution in [0, 0.1) is 0 Å². The number of thiocarbonyl (C=S) groups is 1. The average molecular weight is 278 g/mol. The highest BCUT2D eigenvalue weighted by Gasteiger charge is 2.14. The first-order chi connectivity index (χ1) is 8.13. The summed E-state index contributed by atoms with van der Waals surface area (Å²) in [5, 5.41) is 0.355. The summed E-state index contributed by atoms with van der Waals surface area (Å²) < 4.78 is 10.5. The zero-order valence-corrected chi connectivity index (χ0v) is 12.5. The topological polar surface area (TPSA) is 35.5 Å². The molecule has 0 aliphatic heterocycles. The quantitative estimate of drug-likeness (QED) is 0.501. The van der Waals surface area contributed by atoms with Gasteiger partial charge in [-0.2, -0.15) is 0 Å². The molecule has 3 nitrogen and oxygen atoms in total. The Bertz CT molecular complexity index is 232. The van der Waals surface area contributed by atoms with E-state index in [1.807, 2.05) is 6.92 Å². The monoisotopic (exact) mass is 278 g/mol. The van der Waals surface area contributed by atoms with Gasteiger partial charge in [-0.3, -0.25) is 4.79 Å². The molecule has 0 aromatic rings. The van der Waals surface area contributed by atoms with E-state index in [2.05, 4.69) is 11.7 Å². The maximum absolute atomic E-state index is 11.1. The molecular weight excluding hydrogens is 256 g/mol. The number of ether oxygens (including phenoxy) is 2. The molecule has 0 aromatic carbocycles. The number of hydrogen-bond acceptors (Lipinski definition) is 5. The van der Waals surface area contributed by atoms with Gasteiger partial charge in [0.1, 0.15) is 0 Å². The van der Waals surface area contributed by atoms with E-state index in [0.29, 0.717) is 22.7 Å². The van der Waals surface area contributed by atoms with Crippen LogP contribution in [0.3, 0.4) is 0 Å². The molecule has 1 unspecified atom stereocenters. The third-order valence-corrected chi connectivity index (χ3v) is 3.82. The van der Waals surface area contributed by atoms with E-state index in [9.17, 15) is 4.79 Å². The highest BCUT2D eigenvalue weighted by molar-refractivity contribution is 8.23. The van der Waals surface area contributed by atoms with Crippen LogP contribution in [0.2, 0.25) is 0 Å². The lowest BCUT2D eigenvalue weighted by atomic mass is 10.1. The third kappa shape index (κ3) is 9.41. The number of carbonyl (C=O) groups excluding carboxylic acids is 1. The molecule has 0 fully saturated rings. The van der Waals surface area contributed by atoms with Crippen molar-refractivity contribution in [1.82, 2.24) is 0 Å². The summed E-state index contributed by atoms with van der Waals surface area (Å²) >= 11 is 6.68. The molecule has 100 valence electrons. The Morgan fingerprint density at radius 1 is 1.35 bits per heavy atom. The molecular formula is C12H22O3S2. The second-order valence-corrected chi connectivity index (χ2v) is 5.58. The van der Waals surface area contributed by atoms with Crippen molar-refractivity contribution in [3.05, 3.63) is 0 Å². The first-order valence-electron chi connectivity index (χ1n) is 6.04. The Morgan fingerprint density at radius 3 is 2.59 bits per heavy atom. The van der Waals surface area contributed by atoms with Gasteiger partial charge in [-0.25, -0.2) is 0 Å². The molecule has 0 aliphatic rings. The van der Waals surface area contributed by atoms with Gasteiger partial charge >= 0.3 is 5.97 Å². The first-order valence-corrected chi connectivity index (χ1v) is 7.33. The molecule has 0 heterocycles. The summed E-state index contributed by atoms with van der Waals surface area (Å²) in [6.07, 6.45) is 4.60. The Balaban J connectivity index is 4.03. The van der Waals surface area contributed by atoms with Crippen LogP contribution in [0.5, 0.6) is 0 Å². The van der Waals surface area contributed by atoms with Crippen LogP contribution in [-0.4, -0.2) is 29.3 Å². The van der Waals surface area contributed by atoms with Crippen molar-refractivity contribution in [1.29, 1.82) is 0 Å². The number of methoxy groups -OCH3 is 1. The van der Waals surface area contributed by atoms with Crippen LogP contribution < -0.4 is 0 Å². The fourth-order valence-corrected chi connectivity index (χ4v) is 2.87. The molecule has 1 atom stereocenters. The van der Waals surface area contributed by atoms with Gasteiger partial charge in [-0.15, -0.1) is 0 Å². The number of rotatable bonds is 8. The predicted octanol–water partition coefficient (Wildman–Crippen LogP) is 3.55. The Kier molecular flexibility index (Phi) is 10.7. The van der Waals surface area contributed by atoms with E-state index in [-0.39, 0.29) is 5.97 Å².